The molecule has 0 amide bonds. The quantitative estimate of drug-likeness (QED) is 0.503. The molecule has 0 radical (unpaired) electrons. The Morgan fingerprint density at radius 1 is 1.75 bits per heavy atom. The standard InChI is InChI=1S/C6H13NO/c1-5-2-3-7-6(5)4-8/h5-8H,2-4H2,1H3/t5?,6-/m1/s1. The Morgan fingerprint density at radius 3 is 2.75 bits per heavy atom. The van der Waals surface area contributed by atoms with E-state index in [1.807, 2.05) is 0 Å². The van der Waals surface area contributed by atoms with Crippen LogP contribution in [0.25, 0.3) is 0 Å². The van der Waals surface area contributed by atoms with Crippen LogP contribution in [0.15, 0.2) is 0 Å². The maximum Gasteiger partial charge on any atom is 0.0587 e. The van der Waals surface area contributed by atoms with Crippen LogP contribution in [0.3, 0.4) is 0 Å². The van der Waals surface area contributed by atoms with Crippen LogP contribution in [0.5, 0.6) is 0 Å². The molecule has 0 saturated carbocycles. The molecule has 48 valence electrons. The van der Waals surface area contributed by atoms with Crippen molar-refractivity contribution in [1.29, 1.82) is 0 Å². The van der Waals surface area contributed by atoms with Crippen LogP contribution < -0.4 is 5.32 Å². The molecule has 0 aromatic carbocycles. The number of aliphatic hydroxyl groups excluding tert-OH is 1. The van der Waals surface area contributed by atoms with Gasteiger partial charge in [-0.25, -0.2) is 0 Å². The minimum Gasteiger partial charge on any atom is -0.395 e. The summed E-state index contributed by atoms with van der Waals surface area (Å²) < 4.78 is 0. The average Bonchev–Trinajstić information content (AvgIpc) is 2.14. The molecular weight excluding hydrogens is 102 g/mol. The summed E-state index contributed by atoms with van der Waals surface area (Å²) in [6, 6.07) is 0.370. The first-order valence-electron chi connectivity index (χ1n) is 3.19. The van der Waals surface area contributed by atoms with Crippen molar-refractivity contribution in [2.24, 2.45) is 5.92 Å². The highest BCUT2D eigenvalue weighted by molar-refractivity contribution is 4.79. The topological polar surface area (TPSA) is 32.3 Å². The van der Waals surface area contributed by atoms with E-state index in [1.54, 1.807) is 0 Å². The van der Waals surface area contributed by atoms with Crippen molar-refractivity contribution >= 4 is 0 Å². The summed E-state index contributed by atoms with van der Waals surface area (Å²) in [6.45, 7) is 3.54. The van der Waals surface area contributed by atoms with Gasteiger partial charge in [-0.1, -0.05) is 6.92 Å². The van der Waals surface area contributed by atoms with E-state index in [0.29, 0.717) is 18.6 Å². The van der Waals surface area contributed by atoms with Gasteiger partial charge in [-0.15, -0.1) is 0 Å². The molecule has 1 saturated heterocycles. The Balaban J connectivity index is 2.30. The molecule has 1 heterocycles. The van der Waals surface area contributed by atoms with Crippen LogP contribution in [0.1, 0.15) is 13.3 Å². The number of aliphatic hydroxyl groups is 1. The first-order valence-corrected chi connectivity index (χ1v) is 3.19. The average molecular weight is 115 g/mol. The highest BCUT2D eigenvalue weighted by Gasteiger charge is 2.20. The summed E-state index contributed by atoms with van der Waals surface area (Å²) in [5.74, 6) is 0.667. The van der Waals surface area contributed by atoms with Crippen LogP contribution >= 0.6 is 0 Å². The van der Waals surface area contributed by atoms with Gasteiger partial charge >= 0.3 is 0 Å². The van der Waals surface area contributed by atoms with E-state index in [-0.39, 0.29) is 0 Å². The summed E-state index contributed by atoms with van der Waals surface area (Å²) in [7, 11) is 0. The fourth-order valence-electron chi connectivity index (χ4n) is 1.14. The fraction of sp³-hybridized carbons (Fsp3) is 1.00. The van der Waals surface area contributed by atoms with Gasteiger partial charge < -0.3 is 10.4 Å². The lowest BCUT2D eigenvalue weighted by Gasteiger charge is -2.10. The normalized spacial score (nSPS) is 38.2. The molecule has 8 heavy (non-hydrogen) atoms. The zero-order valence-corrected chi connectivity index (χ0v) is 5.22. The van der Waals surface area contributed by atoms with Crippen molar-refractivity contribution in [2.75, 3.05) is 13.2 Å². The van der Waals surface area contributed by atoms with Crippen LogP contribution in [-0.4, -0.2) is 24.3 Å². The Bertz CT molecular complexity index is 74.9. The molecule has 2 heteroatoms. The van der Waals surface area contributed by atoms with Crippen molar-refractivity contribution in [3.05, 3.63) is 0 Å². The monoisotopic (exact) mass is 115 g/mol. The summed E-state index contributed by atoms with van der Waals surface area (Å²) in [5, 5.41) is 11.9. The molecule has 2 atom stereocenters. The second kappa shape index (κ2) is 2.46. The minimum absolute atomic E-state index is 0.293. The SMILES string of the molecule is CC1CCN[C@@H]1CO. The third kappa shape index (κ3) is 1.01. The van der Waals surface area contributed by atoms with Crippen molar-refractivity contribution < 1.29 is 5.11 Å². The molecule has 1 fully saturated rings. The van der Waals surface area contributed by atoms with Gasteiger partial charge in [0.25, 0.3) is 0 Å². The van der Waals surface area contributed by atoms with E-state index < -0.39 is 0 Å². The van der Waals surface area contributed by atoms with E-state index in [9.17, 15) is 0 Å². The van der Waals surface area contributed by atoms with Crippen LogP contribution in [0.2, 0.25) is 0 Å². The lowest BCUT2D eigenvalue weighted by atomic mass is 10.1. The molecule has 0 aromatic rings. The van der Waals surface area contributed by atoms with Gasteiger partial charge in [0.2, 0.25) is 0 Å². The molecule has 0 aliphatic carbocycles. The van der Waals surface area contributed by atoms with Crippen molar-refractivity contribution in [3.8, 4) is 0 Å². The predicted octanol–water partition coefficient (Wildman–Crippen LogP) is -0.0233. The Hall–Kier alpha value is -0.0800. The smallest absolute Gasteiger partial charge is 0.0587 e. The van der Waals surface area contributed by atoms with Gasteiger partial charge in [-0.05, 0) is 18.9 Å². The third-order valence-electron chi connectivity index (χ3n) is 1.89. The molecule has 1 unspecified atom stereocenters. The molecule has 1 aliphatic heterocycles. The summed E-state index contributed by atoms with van der Waals surface area (Å²) in [6.07, 6.45) is 1.21. The molecule has 0 bridgehead atoms. The van der Waals surface area contributed by atoms with E-state index in [4.69, 9.17) is 5.11 Å². The van der Waals surface area contributed by atoms with Crippen molar-refractivity contribution in [3.63, 3.8) is 0 Å². The lowest BCUT2D eigenvalue weighted by molar-refractivity contribution is 0.233. The maximum atomic E-state index is 8.67. The van der Waals surface area contributed by atoms with E-state index >= 15 is 0 Å². The number of rotatable bonds is 1. The van der Waals surface area contributed by atoms with Gasteiger partial charge in [0.15, 0.2) is 0 Å². The predicted molar refractivity (Wildman–Crippen MR) is 32.7 cm³/mol. The van der Waals surface area contributed by atoms with Gasteiger partial charge in [-0.3, -0.25) is 0 Å². The molecular formula is C6H13NO. The van der Waals surface area contributed by atoms with E-state index in [0.717, 1.165) is 6.54 Å². The Kier molecular flexibility index (Phi) is 1.86. The summed E-state index contributed by atoms with van der Waals surface area (Å²) >= 11 is 0. The van der Waals surface area contributed by atoms with Gasteiger partial charge in [-0.2, -0.15) is 0 Å². The summed E-state index contributed by atoms with van der Waals surface area (Å²) in [4.78, 5) is 0. The minimum atomic E-state index is 0.293. The summed E-state index contributed by atoms with van der Waals surface area (Å²) in [5.41, 5.74) is 0. The third-order valence-corrected chi connectivity index (χ3v) is 1.89. The molecule has 0 spiro atoms. The van der Waals surface area contributed by atoms with Gasteiger partial charge in [0, 0.05) is 6.04 Å². The van der Waals surface area contributed by atoms with Gasteiger partial charge in [0.1, 0.15) is 0 Å². The lowest BCUT2D eigenvalue weighted by Crippen LogP contribution is -2.29. The molecule has 2 N–H and O–H groups in total. The fourth-order valence-corrected chi connectivity index (χ4v) is 1.14. The highest BCUT2D eigenvalue weighted by Crippen LogP contribution is 2.12. The highest BCUT2D eigenvalue weighted by atomic mass is 16.3. The number of hydrogen-bond donors (Lipinski definition) is 2. The zero-order chi connectivity index (χ0) is 5.98. The first-order chi connectivity index (χ1) is 3.84. The maximum absolute atomic E-state index is 8.67. The second-order valence-corrected chi connectivity index (χ2v) is 2.51. The first kappa shape index (κ1) is 6.05. The molecule has 2 nitrogen and oxygen atoms in total. The van der Waals surface area contributed by atoms with Crippen molar-refractivity contribution in [1.82, 2.24) is 5.32 Å². The van der Waals surface area contributed by atoms with Crippen LogP contribution in [0.4, 0.5) is 0 Å². The molecule has 1 rings (SSSR count). The van der Waals surface area contributed by atoms with Crippen molar-refractivity contribution in [2.45, 2.75) is 19.4 Å². The number of hydrogen-bond acceptors (Lipinski definition) is 2. The van der Waals surface area contributed by atoms with Gasteiger partial charge in [0.05, 0.1) is 6.61 Å². The van der Waals surface area contributed by atoms with Crippen LogP contribution in [0, 0.1) is 5.92 Å². The Morgan fingerprint density at radius 2 is 2.50 bits per heavy atom. The molecule has 0 aromatic heterocycles. The second-order valence-electron chi connectivity index (χ2n) is 2.51. The number of nitrogens with one attached hydrogen (secondary N) is 1. The van der Waals surface area contributed by atoms with Crippen LogP contribution in [-0.2, 0) is 0 Å². The van der Waals surface area contributed by atoms with E-state index in [2.05, 4.69) is 12.2 Å². The largest absolute Gasteiger partial charge is 0.395 e. The molecule has 1 aliphatic rings. The zero-order valence-electron chi connectivity index (χ0n) is 5.22. The van der Waals surface area contributed by atoms with E-state index in [1.165, 1.54) is 6.42 Å². The Labute approximate surface area is 49.9 Å².